The van der Waals surface area contributed by atoms with Crippen LogP contribution in [0.3, 0.4) is 0 Å². The van der Waals surface area contributed by atoms with Gasteiger partial charge >= 0.3 is 0 Å². The second-order valence-electron chi connectivity index (χ2n) is 6.84. The Morgan fingerprint density at radius 3 is 2.77 bits per heavy atom. The van der Waals surface area contributed by atoms with Gasteiger partial charge in [-0.25, -0.2) is 8.78 Å². The largest absolute Gasteiger partial charge is 0.322 e. The van der Waals surface area contributed by atoms with E-state index in [4.69, 9.17) is 11.6 Å². The highest BCUT2D eigenvalue weighted by Crippen LogP contribution is 2.60. The van der Waals surface area contributed by atoms with E-state index in [1.54, 1.807) is 0 Å². The molecule has 1 heterocycles. The summed E-state index contributed by atoms with van der Waals surface area (Å²) in [6.45, 7) is 1.90. The number of nitrogens with zero attached hydrogens (tertiary/aromatic N) is 2. The summed E-state index contributed by atoms with van der Waals surface area (Å²) in [5.41, 5.74) is 3.52. The van der Waals surface area contributed by atoms with E-state index in [9.17, 15) is 13.6 Å². The van der Waals surface area contributed by atoms with Crippen LogP contribution in [0.1, 0.15) is 65.2 Å². The number of hydrogen-bond acceptors (Lipinski definition) is 2. The molecule has 136 valence electrons. The van der Waals surface area contributed by atoms with Crippen molar-refractivity contribution in [1.82, 2.24) is 9.78 Å². The fourth-order valence-electron chi connectivity index (χ4n) is 4.41. The quantitative estimate of drug-likeness (QED) is 0.809. The minimum absolute atomic E-state index is 0.104. The maximum Gasteiger partial charge on any atom is 0.282 e. The maximum atomic E-state index is 13.1. The van der Waals surface area contributed by atoms with Crippen LogP contribution in [0.4, 0.5) is 14.5 Å². The number of aryl methyl sites for hydroxylation is 1. The molecule has 2 bridgehead atoms. The summed E-state index contributed by atoms with van der Waals surface area (Å²) >= 11 is 6.31. The topological polar surface area (TPSA) is 46.9 Å². The van der Waals surface area contributed by atoms with Crippen molar-refractivity contribution in [1.29, 1.82) is 0 Å². The van der Waals surface area contributed by atoms with Crippen LogP contribution in [-0.4, -0.2) is 15.7 Å². The van der Waals surface area contributed by atoms with Crippen molar-refractivity contribution in [3.63, 3.8) is 0 Å². The van der Waals surface area contributed by atoms with Gasteiger partial charge in [0, 0.05) is 35.8 Å². The average Bonchev–Trinajstić information content (AvgIpc) is 3.26. The molecule has 0 saturated heterocycles. The predicted octanol–water partition coefficient (Wildman–Crippen LogP) is 5.10. The number of nitrogens with one attached hydrogen (secondary N) is 1. The van der Waals surface area contributed by atoms with Gasteiger partial charge in [0.15, 0.2) is 0 Å². The van der Waals surface area contributed by atoms with E-state index in [-0.39, 0.29) is 11.5 Å². The number of rotatable bonds is 3. The lowest BCUT2D eigenvalue weighted by atomic mass is 9.90. The molecule has 1 fully saturated rings. The Morgan fingerprint density at radius 1 is 1.35 bits per heavy atom. The number of hydrogen-bond donors (Lipinski definition) is 1. The van der Waals surface area contributed by atoms with Crippen molar-refractivity contribution in [3.05, 3.63) is 57.4 Å². The summed E-state index contributed by atoms with van der Waals surface area (Å²) < 4.78 is 27.5. The number of aromatic nitrogens is 2. The van der Waals surface area contributed by atoms with Crippen molar-refractivity contribution in [3.8, 4) is 0 Å². The Bertz CT molecular complexity index is 931. The number of anilines is 1. The van der Waals surface area contributed by atoms with E-state index in [0.29, 0.717) is 11.6 Å². The maximum absolute atomic E-state index is 13.1. The smallest absolute Gasteiger partial charge is 0.282 e. The summed E-state index contributed by atoms with van der Waals surface area (Å²) in [4.78, 5) is 12.6. The molecule has 0 spiro atoms. The minimum atomic E-state index is -2.80. The van der Waals surface area contributed by atoms with Crippen LogP contribution in [0.5, 0.6) is 0 Å². The summed E-state index contributed by atoms with van der Waals surface area (Å²) in [6.07, 6.45) is 0.550. The molecule has 4 rings (SSSR count). The normalized spacial score (nSPS) is 22.7. The molecule has 1 N–H and O–H groups in total. The van der Waals surface area contributed by atoms with Gasteiger partial charge < -0.3 is 5.32 Å². The lowest BCUT2D eigenvalue weighted by Gasteiger charge is -2.18. The third-order valence-electron chi connectivity index (χ3n) is 5.31. The molecule has 2 atom stereocenters. The van der Waals surface area contributed by atoms with E-state index in [0.717, 1.165) is 23.4 Å². The van der Waals surface area contributed by atoms with Gasteiger partial charge in [0.1, 0.15) is 5.69 Å². The fourth-order valence-corrected chi connectivity index (χ4v) is 4.67. The van der Waals surface area contributed by atoms with Gasteiger partial charge in [0.25, 0.3) is 12.3 Å². The zero-order chi connectivity index (χ0) is 18.6. The molecule has 26 heavy (non-hydrogen) atoms. The lowest BCUT2D eigenvalue weighted by Crippen LogP contribution is -2.16. The van der Waals surface area contributed by atoms with Crippen LogP contribution in [0, 0.1) is 0 Å². The summed E-state index contributed by atoms with van der Waals surface area (Å²) in [5, 5.41) is 7.32. The molecule has 0 radical (unpaired) electrons. The average molecular weight is 378 g/mol. The van der Waals surface area contributed by atoms with Gasteiger partial charge in [-0.2, -0.15) is 5.10 Å². The first-order valence-corrected chi connectivity index (χ1v) is 8.88. The monoisotopic (exact) mass is 377 g/mol. The first-order chi connectivity index (χ1) is 12.4. The highest BCUT2D eigenvalue weighted by Gasteiger charge is 2.43. The molecular weight excluding hydrogens is 360 g/mol. The van der Waals surface area contributed by atoms with Gasteiger partial charge in [0.2, 0.25) is 0 Å². The number of amides is 1. The van der Waals surface area contributed by atoms with E-state index < -0.39 is 18.0 Å². The zero-order valence-electron chi connectivity index (χ0n) is 14.4. The molecule has 0 aliphatic heterocycles. The molecule has 1 saturated carbocycles. The number of allylic oxidation sites excluding steroid dienone is 2. The van der Waals surface area contributed by atoms with E-state index >= 15 is 0 Å². The highest BCUT2D eigenvalue weighted by atomic mass is 35.5. The number of alkyl halides is 2. The molecular formula is C19H18ClF2N3O. The minimum Gasteiger partial charge on any atom is -0.322 e. The fraction of sp³-hybridized carbons (Fsp3) is 0.368. The van der Waals surface area contributed by atoms with Gasteiger partial charge in [-0.05, 0) is 42.5 Å². The molecule has 4 nitrogen and oxygen atoms in total. The third-order valence-corrected chi connectivity index (χ3v) is 5.53. The Labute approximate surface area is 154 Å². The van der Waals surface area contributed by atoms with Gasteiger partial charge in [-0.3, -0.25) is 9.48 Å². The summed E-state index contributed by atoms with van der Waals surface area (Å²) in [6, 6.07) is 5.76. The second kappa shape index (κ2) is 6.20. The molecule has 1 aromatic carbocycles. The Kier molecular flexibility index (Phi) is 4.10. The van der Waals surface area contributed by atoms with Crippen LogP contribution in [0.15, 0.2) is 35.0 Å². The highest BCUT2D eigenvalue weighted by molar-refractivity contribution is 6.29. The first-order valence-electron chi connectivity index (χ1n) is 8.50. The van der Waals surface area contributed by atoms with Crippen LogP contribution in [0.25, 0.3) is 0 Å². The summed E-state index contributed by atoms with van der Waals surface area (Å²) in [7, 11) is 1.52. The Balaban J connectivity index is 1.71. The first kappa shape index (κ1) is 17.2. The molecule has 2 unspecified atom stereocenters. The van der Waals surface area contributed by atoms with Gasteiger partial charge in [-0.15, -0.1) is 0 Å². The van der Waals surface area contributed by atoms with Crippen molar-refractivity contribution < 1.29 is 13.6 Å². The number of fused-ring (bicyclic) bond motifs is 5. The van der Waals surface area contributed by atoms with Crippen LogP contribution >= 0.6 is 11.6 Å². The standard InChI is InChI=1S/C19H18ClF2N3O/c1-9(20)15-11-6-7-12(15)16-10(11)4-3-5-14(16)23-19(26)13-8-25(2)24-17(13)18(21)22/h3-5,8,11-12,18H,6-7H2,1-2H3,(H,23,26)/b15-9+. The molecule has 1 aromatic heterocycles. The predicted molar refractivity (Wildman–Crippen MR) is 95.8 cm³/mol. The van der Waals surface area contributed by atoms with E-state index in [1.165, 1.54) is 29.1 Å². The number of carbonyl (C=O) groups is 1. The molecule has 7 heteroatoms. The zero-order valence-corrected chi connectivity index (χ0v) is 15.1. The molecule has 2 aromatic rings. The molecule has 2 aliphatic rings. The van der Waals surface area contributed by atoms with Crippen molar-refractivity contribution in [2.75, 3.05) is 5.32 Å². The van der Waals surface area contributed by atoms with Crippen LogP contribution in [-0.2, 0) is 7.05 Å². The number of halogens is 3. The van der Waals surface area contributed by atoms with E-state index in [2.05, 4.69) is 16.5 Å². The molecule has 1 amide bonds. The van der Waals surface area contributed by atoms with Crippen molar-refractivity contribution in [2.45, 2.75) is 38.0 Å². The van der Waals surface area contributed by atoms with E-state index in [1.807, 2.05) is 19.1 Å². The second-order valence-corrected chi connectivity index (χ2v) is 7.40. The molecule has 2 aliphatic carbocycles. The number of benzene rings is 1. The van der Waals surface area contributed by atoms with Crippen LogP contribution < -0.4 is 5.32 Å². The SMILES string of the molecule is C/C(Cl)=C1/C2CCC1c1c(NC(=O)c3cn(C)nc3C(F)F)cccc12. The lowest BCUT2D eigenvalue weighted by molar-refractivity contribution is 0.101. The Morgan fingerprint density at radius 2 is 2.08 bits per heavy atom. The van der Waals surface area contributed by atoms with Gasteiger partial charge in [-0.1, -0.05) is 23.7 Å². The third kappa shape index (κ3) is 2.55. The van der Waals surface area contributed by atoms with Crippen molar-refractivity contribution >= 4 is 23.2 Å². The van der Waals surface area contributed by atoms with Gasteiger partial charge in [0.05, 0.1) is 5.56 Å². The summed E-state index contributed by atoms with van der Waals surface area (Å²) in [5.74, 6) is -0.0930. The Hall–Kier alpha value is -2.21. The van der Waals surface area contributed by atoms with Crippen LogP contribution in [0.2, 0.25) is 0 Å². The van der Waals surface area contributed by atoms with Crippen molar-refractivity contribution in [2.24, 2.45) is 7.05 Å². The number of carbonyl (C=O) groups excluding carboxylic acids is 1.